The van der Waals surface area contributed by atoms with E-state index < -0.39 is 11.7 Å². The minimum absolute atomic E-state index is 0.00182. The molecule has 0 saturated heterocycles. The van der Waals surface area contributed by atoms with E-state index in [0.29, 0.717) is 17.1 Å². The summed E-state index contributed by atoms with van der Waals surface area (Å²) < 4.78 is 46.7. The molecule has 0 radical (unpaired) electrons. The molecule has 8 heteroatoms. The standard InChI is InChI=1S/C26H29F3N4O/c1-25(2,3)17-8-10-19(11-9-17)32-24-30-16-22(26(27,28)29)23(33-24)31-18-12-14-21(15-13-18)34-20-6-4-5-7-20/h8-16,20H,4-7H2,1-3H3,(H2,30,31,32,33). The number of aromatic nitrogens is 2. The van der Waals surface area contributed by atoms with Crippen molar-refractivity contribution in [2.75, 3.05) is 10.6 Å². The Bertz CT molecular complexity index is 1100. The Morgan fingerprint density at radius 3 is 2.03 bits per heavy atom. The Morgan fingerprint density at radius 1 is 0.853 bits per heavy atom. The van der Waals surface area contributed by atoms with Crippen LogP contribution in [0.2, 0.25) is 0 Å². The number of hydrogen-bond acceptors (Lipinski definition) is 5. The quantitative estimate of drug-likeness (QED) is 0.388. The maximum atomic E-state index is 13.6. The van der Waals surface area contributed by atoms with Gasteiger partial charge in [-0.2, -0.15) is 18.2 Å². The van der Waals surface area contributed by atoms with E-state index in [2.05, 4.69) is 41.4 Å². The molecule has 1 aromatic heterocycles. The van der Waals surface area contributed by atoms with Crippen molar-refractivity contribution < 1.29 is 17.9 Å². The molecule has 0 unspecified atom stereocenters. The molecular weight excluding hydrogens is 441 g/mol. The highest BCUT2D eigenvalue weighted by Gasteiger charge is 2.35. The molecule has 1 saturated carbocycles. The summed E-state index contributed by atoms with van der Waals surface area (Å²) in [5.74, 6) is 0.457. The van der Waals surface area contributed by atoms with E-state index in [0.717, 1.165) is 37.4 Å². The van der Waals surface area contributed by atoms with E-state index in [1.165, 1.54) is 0 Å². The maximum Gasteiger partial charge on any atom is 0.421 e. The average Bonchev–Trinajstić information content (AvgIpc) is 3.27. The largest absolute Gasteiger partial charge is 0.490 e. The van der Waals surface area contributed by atoms with Crippen LogP contribution in [-0.2, 0) is 11.6 Å². The summed E-state index contributed by atoms with van der Waals surface area (Å²) in [6, 6.07) is 14.5. The van der Waals surface area contributed by atoms with Crippen LogP contribution in [0.25, 0.3) is 0 Å². The zero-order chi connectivity index (χ0) is 24.3. The van der Waals surface area contributed by atoms with Crippen LogP contribution >= 0.6 is 0 Å². The number of nitrogens with zero attached hydrogens (tertiary/aromatic N) is 2. The Balaban J connectivity index is 1.52. The number of halogens is 3. The molecule has 0 atom stereocenters. The van der Waals surface area contributed by atoms with Crippen LogP contribution in [0.1, 0.15) is 57.6 Å². The molecule has 0 spiro atoms. The second kappa shape index (κ2) is 9.52. The molecular formula is C26H29F3N4O. The first-order valence-corrected chi connectivity index (χ1v) is 11.4. The van der Waals surface area contributed by atoms with Gasteiger partial charge in [0.1, 0.15) is 17.1 Å². The number of rotatable bonds is 6. The maximum absolute atomic E-state index is 13.6. The topological polar surface area (TPSA) is 59.1 Å². The zero-order valence-electron chi connectivity index (χ0n) is 19.5. The van der Waals surface area contributed by atoms with Gasteiger partial charge in [-0.1, -0.05) is 32.9 Å². The summed E-state index contributed by atoms with van der Waals surface area (Å²) in [6.45, 7) is 6.33. The fourth-order valence-corrected chi connectivity index (χ4v) is 3.88. The van der Waals surface area contributed by atoms with Crippen molar-refractivity contribution in [2.24, 2.45) is 0 Å². The summed E-state index contributed by atoms with van der Waals surface area (Å²) in [7, 11) is 0. The monoisotopic (exact) mass is 470 g/mol. The molecule has 1 aliphatic rings. The highest BCUT2D eigenvalue weighted by atomic mass is 19.4. The minimum Gasteiger partial charge on any atom is -0.490 e. The number of nitrogens with one attached hydrogen (secondary N) is 2. The lowest BCUT2D eigenvalue weighted by atomic mass is 9.87. The van der Waals surface area contributed by atoms with Crippen molar-refractivity contribution in [2.45, 2.75) is 64.1 Å². The van der Waals surface area contributed by atoms with Gasteiger partial charge >= 0.3 is 6.18 Å². The van der Waals surface area contributed by atoms with E-state index in [1.807, 2.05) is 24.3 Å². The molecule has 180 valence electrons. The number of ether oxygens (including phenoxy) is 1. The second-order valence-electron chi connectivity index (χ2n) is 9.58. The summed E-state index contributed by atoms with van der Waals surface area (Å²) in [5.41, 5.74) is 1.37. The van der Waals surface area contributed by atoms with Gasteiger partial charge in [-0.05, 0) is 73.1 Å². The van der Waals surface area contributed by atoms with Crippen molar-refractivity contribution in [1.29, 1.82) is 0 Å². The molecule has 34 heavy (non-hydrogen) atoms. The van der Waals surface area contributed by atoms with Gasteiger partial charge in [0.25, 0.3) is 0 Å². The predicted molar refractivity (Wildman–Crippen MR) is 128 cm³/mol. The number of hydrogen-bond donors (Lipinski definition) is 2. The van der Waals surface area contributed by atoms with Gasteiger partial charge in [0, 0.05) is 17.6 Å². The smallest absolute Gasteiger partial charge is 0.421 e. The fraction of sp³-hybridized carbons (Fsp3) is 0.385. The second-order valence-corrected chi connectivity index (χ2v) is 9.58. The molecule has 2 N–H and O–H groups in total. The van der Waals surface area contributed by atoms with E-state index >= 15 is 0 Å². The Labute approximate surface area is 197 Å². The summed E-state index contributed by atoms with van der Waals surface area (Å²) in [6.07, 6.45) is 0.794. The Kier molecular flexibility index (Phi) is 6.68. The third kappa shape index (κ3) is 5.98. The fourth-order valence-electron chi connectivity index (χ4n) is 3.88. The average molecular weight is 471 g/mol. The van der Waals surface area contributed by atoms with Crippen LogP contribution in [0, 0.1) is 0 Å². The highest BCUT2D eigenvalue weighted by molar-refractivity contribution is 5.63. The lowest BCUT2D eigenvalue weighted by Crippen LogP contribution is -2.13. The van der Waals surface area contributed by atoms with E-state index in [9.17, 15) is 13.2 Å². The molecule has 1 aliphatic carbocycles. The first-order chi connectivity index (χ1) is 16.1. The van der Waals surface area contributed by atoms with Crippen LogP contribution in [0.5, 0.6) is 5.75 Å². The molecule has 0 amide bonds. The molecule has 4 rings (SSSR count). The summed E-state index contributed by atoms with van der Waals surface area (Å²) in [4.78, 5) is 8.01. The molecule has 0 aliphatic heterocycles. The third-order valence-corrected chi connectivity index (χ3v) is 5.82. The molecule has 5 nitrogen and oxygen atoms in total. The SMILES string of the molecule is CC(C)(C)c1ccc(Nc2ncc(C(F)(F)F)c(Nc3ccc(OC4CCCC4)cc3)n2)cc1. The van der Waals surface area contributed by atoms with Crippen molar-refractivity contribution in [3.8, 4) is 5.75 Å². The molecule has 1 heterocycles. The van der Waals surface area contributed by atoms with Gasteiger partial charge < -0.3 is 15.4 Å². The van der Waals surface area contributed by atoms with Gasteiger partial charge in [0.05, 0.1) is 6.10 Å². The van der Waals surface area contributed by atoms with Crippen LogP contribution in [0.15, 0.2) is 54.7 Å². The van der Waals surface area contributed by atoms with Crippen LogP contribution in [0.3, 0.4) is 0 Å². The van der Waals surface area contributed by atoms with Gasteiger partial charge in [-0.25, -0.2) is 4.98 Å². The third-order valence-electron chi connectivity index (χ3n) is 5.82. The van der Waals surface area contributed by atoms with Crippen molar-refractivity contribution in [3.63, 3.8) is 0 Å². The first-order valence-electron chi connectivity index (χ1n) is 11.4. The zero-order valence-corrected chi connectivity index (χ0v) is 19.5. The number of alkyl halides is 3. The van der Waals surface area contributed by atoms with Gasteiger partial charge in [0.15, 0.2) is 0 Å². The summed E-state index contributed by atoms with van der Waals surface area (Å²) in [5, 5.41) is 5.78. The van der Waals surface area contributed by atoms with E-state index in [-0.39, 0.29) is 23.3 Å². The number of benzene rings is 2. The first kappa shape index (κ1) is 23.9. The Morgan fingerprint density at radius 2 is 1.44 bits per heavy atom. The lowest BCUT2D eigenvalue weighted by molar-refractivity contribution is -0.137. The van der Waals surface area contributed by atoms with Gasteiger partial charge in [-0.3, -0.25) is 0 Å². The minimum atomic E-state index is -4.60. The van der Waals surface area contributed by atoms with Crippen LogP contribution in [-0.4, -0.2) is 16.1 Å². The Hall–Kier alpha value is -3.29. The summed E-state index contributed by atoms with van der Waals surface area (Å²) >= 11 is 0. The van der Waals surface area contributed by atoms with E-state index in [1.54, 1.807) is 24.3 Å². The van der Waals surface area contributed by atoms with Gasteiger partial charge in [0.2, 0.25) is 5.95 Å². The highest BCUT2D eigenvalue weighted by Crippen LogP contribution is 2.36. The van der Waals surface area contributed by atoms with Gasteiger partial charge in [-0.15, -0.1) is 0 Å². The molecule has 0 bridgehead atoms. The van der Waals surface area contributed by atoms with Crippen molar-refractivity contribution >= 4 is 23.1 Å². The van der Waals surface area contributed by atoms with Crippen molar-refractivity contribution in [1.82, 2.24) is 9.97 Å². The van der Waals surface area contributed by atoms with Crippen LogP contribution in [0.4, 0.5) is 36.3 Å². The lowest BCUT2D eigenvalue weighted by Gasteiger charge is -2.19. The predicted octanol–water partition coefficient (Wildman–Crippen LogP) is 7.60. The molecule has 2 aromatic carbocycles. The normalized spacial score (nSPS) is 14.8. The van der Waals surface area contributed by atoms with Crippen LogP contribution < -0.4 is 15.4 Å². The molecule has 3 aromatic rings. The van der Waals surface area contributed by atoms with E-state index in [4.69, 9.17) is 4.74 Å². The number of anilines is 4. The van der Waals surface area contributed by atoms with Crippen molar-refractivity contribution in [3.05, 3.63) is 65.9 Å². The molecule has 1 fully saturated rings.